The molecule has 0 rings (SSSR count). The molecule has 0 atom stereocenters. The van der Waals surface area contributed by atoms with E-state index in [1.807, 2.05) is 20.8 Å². The van der Waals surface area contributed by atoms with Crippen LogP contribution in [0.3, 0.4) is 0 Å². The van der Waals surface area contributed by atoms with Crippen molar-refractivity contribution in [1.82, 2.24) is 16.0 Å². The molecule has 0 aliphatic carbocycles. The summed E-state index contributed by atoms with van der Waals surface area (Å²) in [6, 6.07) is 0. The molecule has 0 aliphatic heterocycles. The van der Waals surface area contributed by atoms with Gasteiger partial charge in [0.25, 0.3) is 0 Å². The summed E-state index contributed by atoms with van der Waals surface area (Å²) in [4.78, 5) is 16.2. The molecule has 0 saturated carbocycles. The Morgan fingerprint density at radius 1 is 1.04 bits per heavy atom. The van der Waals surface area contributed by atoms with E-state index in [-0.39, 0.29) is 36.9 Å². The van der Waals surface area contributed by atoms with Crippen molar-refractivity contribution in [3.63, 3.8) is 0 Å². The first-order chi connectivity index (χ1) is 11.7. The van der Waals surface area contributed by atoms with Crippen LogP contribution in [0.25, 0.3) is 0 Å². The molecule has 162 valence electrons. The molecule has 27 heavy (non-hydrogen) atoms. The first-order valence-corrected chi connectivity index (χ1v) is 8.84. The van der Waals surface area contributed by atoms with Crippen LogP contribution in [0.15, 0.2) is 4.99 Å². The molecule has 1 amide bonds. The van der Waals surface area contributed by atoms with Gasteiger partial charge in [0.2, 0.25) is 0 Å². The van der Waals surface area contributed by atoms with Crippen LogP contribution in [0, 0.1) is 0 Å². The smallest absolute Gasteiger partial charge is 0.408 e. The minimum absolute atomic E-state index is 0. The summed E-state index contributed by atoms with van der Waals surface area (Å²) < 4.78 is 41.6. The average molecular weight is 510 g/mol. The van der Waals surface area contributed by atoms with E-state index in [1.54, 1.807) is 20.8 Å². The molecule has 0 saturated heterocycles. The van der Waals surface area contributed by atoms with E-state index in [2.05, 4.69) is 20.9 Å². The molecule has 3 N–H and O–H groups in total. The molecule has 0 radical (unpaired) electrons. The number of unbranched alkanes of at least 4 members (excludes halogenated alkanes) is 1. The Morgan fingerprint density at radius 3 is 2.11 bits per heavy atom. The Labute approximate surface area is 177 Å². The van der Waals surface area contributed by atoms with E-state index >= 15 is 0 Å². The van der Waals surface area contributed by atoms with Crippen molar-refractivity contribution in [3.05, 3.63) is 0 Å². The largest absolute Gasteiger partial charge is 0.444 e. The van der Waals surface area contributed by atoms with Gasteiger partial charge in [0.1, 0.15) is 5.60 Å². The topological polar surface area (TPSA) is 74.8 Å². The Hall–Kier alpha value is -0.940. The van der Waals surface area contributed by atoms with Gasteiger partial charge < -0.3 is 20.7 Å². The van der Waals surface area contributed by atoms with Gasteiger partial charge in [-0.3, -0.25) is 4.99 Å². The summed E-state index contributed by atoms with van der Waals surface area (Å²) in [7, 11) is 0. The lowest BCUT2D eigenvalue weighted by Crippen LogP contribution is -2.49. The molecule has 0 aromatic rings. The standard InChI is InChI=1S/C17H33F3N4O2.HI/c1-7-21-13(22-11-9-8-10-17(18,19)20)23-12-16(5,6)24-14(25)26-15(2,3)4;/h7-12H2,1-6H3,(H,24,25)(H2,21,22,23);1H. The van der Waals surface area contributed by atoms with Crippen molar-refractivity contribution in [3.8, 4) is 0 Å². The number of guanidine groups is 1. The molecule has 0 bridgehead atoms. The van der Waals surface area contributed by atoms with E-state index in [9.17, 15) is 18.0 Å². The van der Waals surface area contributed by atoms with Crippen molar-refractivity contribution in [1.29, 1.82) is 0 Å². The fraction of sp³-hybridized carbons (Fsp3) is 0.882. The molecule has 0 fully saturated rings. The number of hydrogen-bond acceptors (Lipinski definition) is 3. The molecule has 0 aromatic carbocycles. The van der Waals surface area contributed by atoms with Crippen LogP contribution in [0.4, 0.5) is 18.0 Å². The highest BCUT2D eigenvalue weighted by Gasteiger charge is 2.26. The van der Waals surface area contributed by atoms with Gasteiger partial charge in [0, 0.05) is 19.5 Å². The second-order valence-electron chi connectivity index (χ2n) is 7.71. The fourth-order valence-corrected chi connectivity index (χ4v) is 1.90. The van der Waals surface area contributed by atoms with E-state index < -0.39 is 29.8 Å². The number of alkyl halides is 3. The number of ether oxygens (including phenoxy) is 1. The monoisotopic (exact) mass is 510 g/mol. The number of hydrogen-bond donors (Lipinski definition) is 3. The molecule has 0 spiro atoms. The zero-order chi connectivity index (χ0) is 20.4. The molecular formula is C17H34F3IN4O2. The van der Waals surface area contributed by atoms with Gasteiger partial charge in [0.05, 0.1) is 12.1 Å². The number of alkyl carbamates (subject to hydrolysis) is 1. The molecule has 10 heteroatoms. The Morgan fingerprint density at radius 2 is 1.63 bits per heavy atom. The zero-order valence-corrected chi connectivity index (χ0v) is 19.4. The van der Waals surface area contributed by atoms with Crippen molar-refractivity contribution in [2.75, 3.05) is 19.6 Å². The number of aliphatic imine (C=N–C) groups is 1. The number of carbonyl (C=O) groups is 1. The minimum atomic E-state index is -4.12. The van der Waals surface area contributed by atoms with Crippen molar-refractivity contribution in [2.24, 2.45) is 4.99 Å². The van der Waals surface area contributed by atoms with Crippen LogP contribution in [0.1, 0.15) is 60.8 Å². The van der Waals surface area contributed by atoms with E-state index in [0.29, 0.717) is 25.5 Å². The summed E-state index contributed by atoms with van der Waals surface area (Å²) in [5.74, 6) is 0.499. The highest BCUT2D eigenvalue weighted by atomic mass is 127. The maximum atomic E-state index is 12.1. The van der Waals surface area contributed by atoms with E-state index in [0.717, 1.165) is 0 Å². The lowest BCUT2D eigenvalue weighted by Gasteiger charge is -2.27. The fourth-order valence-electron chi connectivity index (χ4n) is 1.90. The molecular weight excluding hydrogens is 476 g/mol. The number of nitrogens with zero attached hydrogens (tertiary/aromatic N) is 1. The van der Waals surface area contributed by atoms with Gasteiger partial charge in [0.15, 0.2) is 5.96 Å². The van der Waals surface area contributed by atoms with E-state index in [1.165, 1.54) is 0 Å². The summed E-state index contributed by atoms with van der Waals surface area (Å²) in [5, 5.41) is 8.78. The van der Waals surface area contributed by atoms with Gasteiger partial charge >= 0.3 is 12.3 Å². The van der Waals surface area contributed by atoms with Crippen LogP contribution in [-0.4, -0.2) is 49.0 Å². The Balaban J connectivity index is 0. The highest BCUT2D eigenvalue weighted by molar-refractivity contribution is 14.0. The Bertz CT molecular complexity index is 464. The van der Waals surface area contributed by atoms with Crippen LogP contribution in [-0.2, 0) is 4.74 Å². The summed E-state index contributed by atoms with van der Waals surface area (Å²) in [6.07, 6.45) is -4.96. The molecule has 0 aliphatic rings. The number of amides is 1. The molecule has 0 unspecified atom stereocenters. The quantitative estimate of drug-likeness (QED) is 0.198. The number of halogens is 4. The zero-order valence-electron chi connectivity index (χ0n) is 17.0. The lowest BCUT2D eigenvalue weighted by molar-refractivity contribution is -0.135. The Kier molecular flexibility index (Phi) is 13.1. The molecule has 0 aromatic heterocycles. The maximum Gasteiger partial charge on any atom is 0.408 e. The predicted octanol–water partition coefficient (Wildman–Crippen LogP) is 4.20. The SMILES string of the molecule is CCNC(=NCC(C)(C)NC(=O)OC(C)(C)C)NCCCCC(F)(F)F.I. The molecule has 0 heterocycles. The normalized spacial score (nSPS) is 12.9. The van der Waals surface area contributed by atoms with Gasteiger partial charge in [-0.05, 0) is 54.4 Å². The minimum Gasteiger partial charge on any atom is -0.444 e. The first kappa shape index (κ1) is 28.3. The number of carbonyl (C=O) groups excluding carboxylic acids is 1. The first-order valence-electron chi connectivity index (χ1n) is 8.84. The third-order valence-corrected chi connectivity index (χ3v) is 3.00. The van der Waals surface area contributed by atoms with Gasteiger partial charge in [-0.25, -0.2) is 4.79 Å². The van der Waals surface area contributed by atoms with Crippen LogP contribution in [0.5, 0.6) is 0 Å². The molecule has 6 nitrogen and oxygen atoms in total. The van der Waals surface area contributed by atoms with E-state index in [4.69, 9.17) is 4.74 Å². The lowest BCUT2D eigenvalue weighted by atomic mass is 10.1. The summed E-state index contributed by atoms with van der Waals surface area (Å²) in [5.41, 5.74) is -1.22. The third kappa shape index (κ3) is 18.2. The highest BCUT2D eigenvalue weighted by Crippen LogP contribution is 2.21. The second-order valence-corrected chi connectivity index (χ2v) is 7.71. The van der Waals surface area contributed by atoms with Gasteiger partial charge in [-0.15, -0.1) is 24.0 Å². The maximum absolute atomic E-state index is 12.1. The predicted molar refractivity (Wildman–Crippen MR) is 113 cm³/mol. The van der Waals surface area contributed by atoms with Gasteiger partial charge in [-0.2, -0.15) is 13.2 Å². The number of rotatable bonds is 8. The number of nitrogens with one attached hydrogen (secondary N) is 3. The second kappa shape index (κ2) is 12.5. The summed E-state index contributed by atoms with van der Waals surface area (Å²) >= 11 is 0. The van der Waals surface area contributed by atoms with Crippen LogP contribution in [0.2, 0.25) is 0 Å². The van der Waals surface area contributed by atoms with Crippen LogP contribution < -0.4 is 16.0 Å². The van der Waals surface area contributed by atoms with Crippen molar-refractivity contribution >= 4 is 36.0 Å². The van der Waals surface area contributed by atoms with Gasteiger partial charge in [-0.1, -0.05) is 0 Å². The third-order valence-electron chi connectivity index (χ3n) is 3.00. The summed E-state index contributed by atoms with van der Waals surface area (Å²) in [6.45, 7) is 12.2. The average Bonchev–Trinajstić information content (AvgIpc) is 2.40. The van der Waals surface area contributed by atoms with Crippen LogP contribution >= 0.6 is 24.0 Å². The van der Waals surface area contributed by atoms with Crippen molar-refractivity contribution in [2.45, 2.75) is 78.1 Å². The van der Waals surface area contributed by atoms with Crippen molar-refractivity contribution < 1.29 is 22.7 Å².